The molecule has 0 bridgehead atoms. The number of aromatic nitrogens is 2. The number of primary amides is 1. The Labute approximate surface area is 115 Å². The second kappa shape index (κ2) is 4.97. The van der Waals surface area contributed by atoms with Gasteiger partial charge in [0.15, 0.2) is 0 Å². The number of carbonyl (C=O) groups excluding carboxylic acids is 1. The normalized spacial score (nSPS) is 10.4. The summed E-state index contributed by atoms with van der Waals surface area (Å²) in [6.45, 7) is 0. The predicted molar refractivity (Wildman–Crippen MR) is 73.7 cm³/mol. The predicted octanol–water partition coefficient (Wildman–Crippen LogP) is 2.50. The Hall–Kier alpha value is -2.95. The molecule has 0 saturated heterocycles. The second-order valence-corrected chi connectivity index (χ2v) is 4.20. The van der Waals surface area contributed by atoms with Gasteiger partial charge in [0.2, 0.25) is 11.7 Å². The zero-order valence-electron chi connectivity index (χ0n) is 10.5. The standard InChI is InChI=1S/C15H11N3O2/c16-13(19)11-8-4-5-9-12(11)14-17-15(20-18-14)10-6-2-1-3-7-10/h1-9H,(H2,16,19). The van der Waals surface area contributed by atoms with E-state index in [9.17, 15) is 4.79 Å². The molecule has 2 aromatic carbocycles. The zero-order valence-corrected chi connectivity index (χ0v) is 10.5. The van der Waals surface area contributed by atoms with E-state index in [4.69, 9.17) is 10.3 Å². The quantitative estimate of drug-likeness (QED) is 0.788. The molecule has 0 aliphatic heterocycles. The molecule has 0 saturated carbocycles. The van der Waals surface area contributed by atoms with E-state index in [1.165, 1.54) is 0 Å². The molecule has 5 nitrogen and oxygen atoms in total. The molecule has 0 atom stereocenters. The second-order valence-electron chi connectivity index (χ2n) is 4.20. The summed E-state index contributed by atoms with van der Waals surface area (Å²) in [4.78, 5) is 15.7. The highest BCUT2D eigenvalue weighted by atomic mass is 16.5. The lowest BCUT2D eigenvalue weighted by molar-refractivity contribution is 0.100. The summed E-state index contributed by atoms with van der Waals surface area (Å²) in [5.74, 6) is 0.227. The van der Waals surface area contributed by atoms with Gasteiger partial charge in [0.25, 0.3) is 5.89 Å². The number of amides is 1. The first-order chi connectivity index (χ1) is 9.75. The molecule has 0 spiro atoms. The third kappa shape index (κ3) is 2.16. The smallest absolute Gasteiger partial charge is 0.258 e. The van der Waals surface area contributed by atoms with E-state index in [2.05, 4.69) is 10.1 Å². The maximum atomic E-state index is 11.4. The number of hydrogen-bond acceptors (Lipinski definition) is 4. The third-order valence-corrected chi connectivity index (χ3v) is 2.88. The SMILES string of the molecule is NC(=O)c1ccccc1-c1noc(-c2ccccc2)n1. The fourth-order valence-corrected chi connectivity index (χ4v) is 1.92. The maximum absolute atomic E-state index is 11.4. The number of rotatable bonds is 3. The van der Waals surface area contributed by atoms with E-state index < -0.39 is 5.91 Å². The Kier molecular flexibility index (Phi) is 3.01. The largest absolute Gasteiger partial charge is 0.366 e. The number of carbonyl (C=O) groups is 1. The van der Waals surface area contributed by atoms with Crippen molar-refractivity contribution in [3.8, 4) is 22.8 Å². The van der Waals surface area contributed by atoms with Gasteiger partial charge in [-0.15, -0.1) is 0 Å². The minimum Gasteiger partial charge on any atom is -0.366 e. The Morgan fingerprint density at radius 2 is 1.70 bits per heavy atom. The molecule has 1 heterocycles. The Morgan fingerprint density at radius 3 is 2.45 bits per heavy atom. The van der Waals surface area contributed by atoms with Crippen LogP contribution in [-0.4, -0.2) is 16.0 Å². The summed E-state index contributed by atoms with van der Waals surface area (Å²) in [6, 6.07) is 16.3. The Morgan fingerprint density at radius 1 is 1.00 bits per heavy atom. The van der Waals surface area contributed by atoms with Gasteiger partial charge < -0.3 is 10.3 Å². The molecule has 5 heteroatoms. The molecular weight excluding hydrogens is 254 g/mol. The summed E-state index contributed by atoms with van der Waals surface area (Å²) < 4.78 is 5.23. The molecule has 2 N–H and O–H groups in total. The van der Waals surface area contributed by atoms with Gasteiger partial charge in [0, 0.05) is 11.1 Å². The van der Waals surface area contributed by atoms with Crippen molar-refractivity contribution in [2.75, 3.05) is 0 Å². The van der Waals surface area contributed by atoms with Crippen LogP contribution in [0.2, 0.25) is 0 Å². The maximum Gasteiger partial charge on any atom is 0.258 e. The van der Waals surface area contributed by atoms with Crippen molar-refractivity contribution < 1.29 is 9.32 Å². The lowest BCUT2D eigenvalue weighted by Crippen LogP contribution is -2.12. The number of nitrogens with zero attached hydrogens (tertiary/aromatic N) is 2. The van der Waals surface area contributed by atoms with Crippen molar-refractivity contribution in [3.05, 3.63) is 60.2 Å². The van der Waals surface area contributed by atoms with E-state index in [0.29, 0.717) is 22.8 Å². The zero-order chi connectivity index (χ0) is 13.9. The van der Waals surface area contributed by atoms with Gasteiger partial charge in [-0.2, -0.15) is 4.98 Å². The Balaban J connectivity index is 2.05. The van der Waals surface area contributed by atoms with E-state index in [1.54, 1.807) is 24.3 Å². The number of hydrogen-bond donors (Lipinski definition) is 1. The molecule has 0 aliphatic rings. The molecule has 0 fully saturated rings. The highest BCUT2D eigenvalue weighted by molar-refractivity contribution is 5.99. The highest BCUT2D eigenvalue weighted by Crippen LogP contribution is 2.24. The van der Waals surface area contributed by atoms with E-state index in [1.807, 2.05) is 30.3 Å². The summed E-state index contributed by atoms with van der Waals surface area (Å²) in [6.07, 6.45) is 0. The number of nitrogens with two attached hydrogens (primary N) is 1. The third-order valence-electron chi connectivity index (χ3n) is 2.88. The van der Waals surface area contributed by atoms with Crippen LogP contribution >= 0.6 is 0 Å². The van der Waals surface area contributed by atoms with Crippen LogP contribution in [-0.2, 0) is 0 Å². The minimum absolute atomic E-state index is 0.346. The van der Waals surface area contributed by atoms with Gasteiger partial charge in [0.1, 0.15) is 0 Å². The van der Waals surface area contributed by atoms with Crippen molar-refractivity contribution in [1.82, 2.24) is 10.1 Å². The van der Waals surface area contributed by atoms with Crippen LogP contribution in [0.1, 0.15) is 10.4 Å². The van der Waals surface area contributed by atoms with Gasteiger partial charge >= 0.3 is 0 Å². The van der Waals surface area contributed by atoms with E-state index >= 15 is 0 Å². The fourth-order valence-electron chi connectivity index (χ4n) is 1.92. The van der Waals surface area contributed by atoms with Gasteiger partial charge in [-0.3, -0.25) is 4.79 Å². The lowest BCUT2D eigenvalue weighted by Gasteiger charge is -2.00. The van der Waals surface area contributed by atoms with Gasteiger partial charge in [-0.25, -0.2) is 0 Å². The molecule has 0 aliphatic carbocycles. The Bertz CT molecular complexity index is 751. The first-order valence-corrected chi connectivity index (χ1v) is 6.04. The molecule has 3 rings (SSSR count). The van der Waals surface area contributed by atoms with Crippen LogP contribution in [0.25, 0.3) is 22.8 Å². The van der Waals surface area contributed by atoms with E-state index in [0.717, 1.165) is 5.56 Å². The fraction of sp³-hybridized carbons (Fsp3) is 0. The van der Waals surface area contributed by atoms with Crippen LogP contribution in [0.15, 0.2) is 59.1 Å². The summed E-state index contributed by atoms with van der Waals surface area (Å²) in [5, 5.41) is 3.91. The number of benzene rings is 2. The van der Waals surface area contributed by atoms with Crippen LogP contribution < -0.4 is 5.73 Å². The van der Waals surface area contributed by atoms with Crippen LogP contribution in [0.3, 0.4) is 0 Å². The summed E-state index contributed by atoms with van der Waals surface area (Å²) >= 11 is 0. The van der Waals surface area contributed by atoms with Gasteiger partial charge in [-0.1, -0.05) is 41.6 Å². The molecule has 1 amide bonds. The highest BCUT2D eigenvalue weighted by Gasteiger charge is 2.15. The monoisotopic (exact) mass is 265 g/mol. The molecular formula is C15H11N3O2. The average molecular weight is 265 g/mol. The molecule has 20 heavy (non-hydrogen) atoms. The van der Waals surface area contributed by atoms with Crippen molar-refractivity contribution in [3.63, 3.8) is 0 Å². The molecule has 98 valence electrons. The topological polar surface area (TPSA) is 82.0 Å². The summed E-state index contributed by atoms with van der Waals surface area (Å²) in [7, 11) is 0. The first kappa shape index (κ1) is 12.1. The summed E-state index contributed by atoms with van der Waals surface area (Å²) in [5.41, 5.74) is 7.10. The molecule has 0 unspecified atom stereocenters. The van der Waals surface area contributed by atoms with Crippen molar-refractivity contribution in [2.45, 2.75) is 0 Å². The van der Waals surface area contributed by atoms with Gasteiger partial charge in [-0.05, 0) is 18.2 Å². The van der Waals surface area contributed by atoms with Crippen LogP contribution in [0.5, 0.6) is 0 Å². The molecule has 3 aromatic rings. The van der Waals surface area contributed by atoms with Crippen molar-refractivity contribution in [1.29, 1.82) is 0 Å². The first-order valence-electron chi connectivity index (χ1n) is 6.04. The molecule has 0 radical (unpaired) electrons. The van der Waals surface area contributed by atoms with Crippen molar-refractivity contribution in [2.24, 2.45) is 5.73 Å². The van der Waals surface area contributed by atoms with Crippen LogP contribution in [0.4, 0.5) is 0 Å². The van der Waals surface area contributed by atoms with E-state index in [-0.39, 0.29) is 0 Å². The minimum atomic E-state index is -0.522. The van der Waals surface area contributed by atoms with Crippen molar-refractivity contribution >= 4 is 5.91 Å². The average Bonchev–Trinajstić information content (AvgIpc) is 2.98. The van der Waals surface area contributed by atoms with Gasteiger partial charge in [0.05, 0.1) is 5.56 Å². The van der Waals surface area contributed by atoms with Crippen LogP contribution in [0, 0.1) is 0 Å². The molecule has 1 aromatic heterocycles. The lowest BCUT2D eigenvalue weighted by atomic mass is 10.1.